The largest absolute Gasteiger partial charge is 0.495 e. The van der Waals surface area contributed by atoms with Crippen LogP contribution in [0.1, 0.15) is 24.0 Å². The summed E-state index contributed by atoms with van der Waals surface area (Å²) in [6, 6.07) is 4.04. The molecule has 0 aliphatic rings. The molecule has 1 aromatic carbocycles. The van der Waals surface area contributed by atoms with Crippen LogP contribution in [0.5, 0.6) is 5.75 Å². The molecule has 0 saturated carbocycles. The van der Waals surface area contributed by atoms with Gasteiger partial charge in [0, 0.05) is 12.5 Å². The standard InChI is InChI=1S/C11H15BrO2/c1-7-4-9(8(2)6-13)5-10(12)11(7)14-3/h4-5,8,13H,6H2,1-3H3. The Morgan fingerprint density at radius 3 is 2.57 bits per heavy atom. The third-order valence-corrected chi connectivity index (χ3v) is 2.89. The summed E-state index contributed by atoms with van der Waals surface area (Å²) in [6.45, 7) is 4.16. The van der Waals surface area contributed by atoms with Crippen molar-refractivity contribution in [1.82, 2.24) is 0 Å². The number of benzene rings is 1. The van der Waals surface area contributed by atoms with E-state index in [4.69, 9.17) is 9.84 Å². The van der Waals surface area contributed by atoms with E-state index in [1.165, 1.54) is 0 Å². The first kappa shape index (κ1) is 11.5. The van der Waals surface area contributed by atoms with E-state index < -0.39 is 0 Å². The fourth-order valence-corrected chi connectivity index (χ4v) is 2.14. The SMILES string of the molecule is COc1c(C)cc(C(C)CO)cc1Br. The Morgan fingerprint density at radius 1 is 1.50 bits per heavy atom. The molecule has 1 unspecified atom stereocenters. The highest BCUT2D eigenvalue weighted by Crippen LogP contribution is 2.32. The van der Waals surface area contributed by atoms with Gasteiger partial charge in [-0.25, -0.2) is 0 Å². The number of methoxy groups -OCH3 is 1. The molecule has 0 fully saturated rings. The number of ether oxygens (including phenoxy) is 1. The molecular formula is C11H15BrO2. The second kappa shape index (κ2) is 4.80. The normalized spacial score (nSPS) is 12.6. The van der Waals surface area contributed by atoms with Gasteiger partial charge in [0.25, 0.3) is 0 Å². The molecule has 0 aromatic heterocycles. The minimum absolute atomic E-state index is 0.163. The van der Waals surface area contributed by atoms with Gasteiger partial charge in [-0.3, -0.25) is 0 Å². The maximum absolute atomic E-state index is 9.05. The Balaban J connectivity index is 3.13. The van der Waals surface area contributed by atoms with Crippen LogP contribution < -0.4 is 4.74 Å². The Labute approximate surface area is 93.0 Å². The smallest absolute Gasteiger partial charge is 0.135 e. The number of halogens is 1. The van der Waals surface area contributed by atoms with Crippen molar-refractivity contribution in [3.05, 3.63) is 27.7 Å². The van der Waals surface area contributed by atoms with Crippen LogP contribution in [0.25, 0.3) is 0 Å². The monoisotopic (exact) mass is 258 g/mol. The summed E-state index contributed by atoms with van der Waals surface area (Å²) in [5.41, 5.74) is 2.20. The number of hydrogen-bond acceptors (Lipinski definition) is 2. The molecule has 0 spiro atoms. The predicted molar refractivity (Wildman–Crippen MR) is 60.9 cm³/mol. The lowest BCUT2D eigenvalue weighted by molar-refractivity contribution is 0.273. The van der Waals surface area contributed by atoms with Crippen LogP contribution in [0.3, 0.4) is 0 Å². The van der Waals surface area contributed by atoms with E-state index in [1.807, 2.05) is 26.0 Å². The number of aliphatic hydroxyl groups excluding tert-OH is 1. The van der Waals surface area contributed by atoms with Crippen molar-refractivity contribution in [2.24, 2.45) is 0 Å². The quantitative estimate of drug-likeness (QED) is 0.904. The summed E-state index contributed by atoms with van der Waals surface area (Å²) < 4.78 is 6.17. The molecule has 3 heteroatoms. The summed E-state index contributed by atoms with van der Waals surface area (Å²) in [5.74, 6) is 1.02. The molecule has 0 heterocycles. The second-order valence-corrected chi connectivity index (χ2v) is 4.29. The van der Waals surface area contributed by atoms with Gasteiger partial charge in [-0.05, 0) is 40.0 Å². The van der Waals surface area contributed by atoms with E-state index in [1.54, 1.807) is 7.11 Å². The molecular weight excluding hydrogens is 244 g/mol. The summed E-state index contributed by atoms with van der Waals surface area (Å²) in [6.07, 6.45) is 0. The van der Waals surface area contributed by atoms with Gasteiger partial charge in [0.15, 0.2) is 0 Å². The van der Waals surface area contributed by atoms with Crippen LogP contribution in [-0.2, 0) is 0 Å². The highest BCUT2D eigenvalue weighted by atomic mass is 79.9. The molecule has 1 atom stereocenters. The minimum atomic E-state index is 0.163. The fourth-order valence-electron chi connectivity index (χ4n) is 1.41. The van der Waals surface area contributed by atoms with Crippen molar-refractivity contribution in [3.63, 3.8) is 0 Å². The average molecular weight is 259 g/mol. The average Bonchev–Trinajstić information content (AvgIpc) is 2.16. The minimum Gasteiger partial charge on any atom is -0.495 e. The molecule has 0 radical (unpaired) electrons. The summed E-state index contributed by atoms with van der Waals surface area (Å²) in [7, 11) is 1.65. The summed E-state index contributed by atoms with van der Waals surface area (Å²) in [4.78, 5) is 0. The highest BCUT2D eigenvalue weighted by molar-refractivity contribution is 9.10. The Bertz CT molecular complexity index is 300. The van der Waals surface area contributed by atoms with Gasteiger partial charge in [-0.15, -0.1) is 0 Å². The number of aliphatic hydroxyl groups is 1. The second-order valence-electron chi connectivity index (χ2n) is 3.44. The molecule has 2 nitrogen and oxygen atoms in total. The fraction of sp³-hybridized carbons (Fsp3) is 0.455. The van der Waals surface area contributed by atoms with E-state index in [9.17, 15) is 0 Å². The van der Waals surface area contributed by atoms with Crippen molar-refractivity contribution in [2.45, 2.75) is 19.8 Å². The van der Waals surface area contributed by atoms with Gasteiger partial charge in [0.2, 0.25) is 0 Å². The third kappa shape index (κ3) is 2.28. The molecule has 0 bridgehead atoms. The zero-order valence-electron chi connectivity index (χ0n) is 8.67. The van der Waals surface area contributed by atoms with Gasteiger partial charge in [0.05, 0.1) is 11.6 Å². The summed E-state index contributed by atoms with van der Waals surface area (Å²) >= 11 is 3.45. The predicted octanol–water partition coefficient (Wildman–Crippen LogP) is 2.86. The van der Waals surface area contributed by atoms with Crippen molar-refractivity contribution in [3.8, 4) is 5.75 Å². The molecule has 1 rings (SSSR count). The first-order valence-electron chi connectivity index (χ1n) is 4.55. The molecule has 0 aliphatic heterocycles. The zero-order valence-corrected chi connectivity index (χ0v) is 10.3. The lowest BCUT2D eigenvalue weighted by Crippen LogP contribution is -2.00. The molecule has 0 aliphatic carbocycles. The molecule has 1 aromatic rings. The molecule has 1 N–H and O–H groups in total. The van der Waals surface area contributed by atoms with Crippen molar-refractivity contribution >= 4 is 15.9 Å². The number of aryl methyl sites for hydroxylation is 1. The lowest BCUT2D eigenvalue weighted by atomic mass is 10.00. The maximum Gasteiger partial charge on any atom is 0.135 e. The van der Waals surface area contributed by atoms with E-state index in [2.05, 4.69) is 15.9 Å². The van der Waals surface area contributed by atoms with Crippen LogP contribution in [0.2, 0.25) is 0 Å². The third-order valence-electron chi connectivity index (χ3n) is 2.30. The van der Waals surface area contributed by atoms with Crippen molar-refractivity contribution in [2.75, 3.05) is 13.7 Å². The Morgan fingerprint density at radius 2 is 2.14 bits per heavy atom. The van der Waals surface area contributed by atoms with Gasteiger partial charge in [0.1, 0.15) is 5.75 Å². The topological polar surface area (TPSA) is 29.5 Å². The van der Waals surface area contributed by atoms with Gasteiger partial charge < -0.3 is 9.84 Å². The van der Waals surface area contributed by atoms with E-state index in [0.717, 1.165) is 21.3 Å². The van der Waals surface area contributed by atoms with E-state index in [-0.39, 0.29) is 12.5 Å². The van der Waals surface area contributed by atoms with E-state index >= 15 is 0 Å². The highest BCUT2D eigenvalue weighted by Gasteiger charge is 2.10. The zero-order chi connectivity index (χ0) is 10.7. The lowest BCUT2D eigenvalue weighted by Gasteiger charge is -2.13. The number of rotatable bonds is 3. The van der Waals surface area contributed by atoms with Gasteiger partial charge in [-0.1, -0.05) is 13.0 Å². The molecule has 0 amide bonds. The van der Waals surface area contributed by atoms with Crippen LogP contribution >= 0.6 is 15.9 Å². The molecule has 78 valence electrons. The van der Waals surface area contributed by atoms with Gasteiger partial charge >= 0.3 is 0 Å². The van der Waals surface area contributed by atoms with Gasteiger partial charge in [-0.2, -0.15) is 0 Å². The maximum atomic E-state index is 9.05. The molecule has 14 heavy (non-hydrogen) atoms. The van der Waals surface area contributed by atoms with E-state index in [0.29, 0.717) is 0 Å². The van der Waals surface area contributed by atoms with Crippen LogP contribution in [0, 0.1) is 6.92 Å². The van der Waals surface area contributed by atoms with Crippen LogP contribution in [0.15, 0.2) is 16.6 Å². The Kier molecular flexibility index (Phi) is 3.96. The van der Waals surface area contributed by atoms with Crippen LogP contribution in [0.4, 0.5) is 0 Å². The van der Waals surface area contributed by atoms with Crippen molar-refractivity contribution in [1.29, 1.82) is 0 Å². The molecule has 0 saturated heterocycles. The number of hydrogen-bond donors (Lipinski definition) is 1. The Hall–Kier alpha value is -0.540. The van der Waals surface area contributed by atoms with Crippen molar-refractivity contribution < 1.29 is 9.84 Å². The first-order valence-corrected chi connectivity index (χ1v) is 5.34. The first-order chi connectivity index (χ1) is 6.60. The van der Waals surface area contributed by atoms with Crippen LogP contribution in [-0.4, -0.2) is 18.8 Å². The summed E-state index contributed by atoms with van der Waals surface area (Å²) in [5, 5.41) is 9.05.